The molecule has 0 unspecified atom stereocenters. The molecule has 14 heavy (non-hydrogen) atoms. The van der Waals surface area contributed by atoms with Gasteiger partial charge in [-0.1, -0.05) is 42.3 Å². The molecule has 0 fully saturated rings. The molecule has 0 atom stereocenters. The van der Waals surface area contributed by atoms with Gasteiger partial charge in [0.25, 0.3) is 0 Å². The van der Waals surface area contributed by atoms with Gasteiger partial charge >= 0.3 is 0 Å². The molecule has 0 saturated carbocycles. The Balaban J connectivity index is 2.52. The van der Waals surface area contributed by atoms with Gasteiger partial charge in [-0.25, -0.2) is 0 Å². The fourth-order valence-electron chi connectivity index (χ4n) is 1.08. The fourth-order valence-corrected chi connectivity index (χ4v) is 1.23. The van der Waals surface area contributed by atoms with Crippen LogP contribution < -0.4 is 5.32 Å². The molecule has 76 valence electrons. The van der Waals surface area contributed by atoms with E-state index in [9.17, 15) is 0 Å². The first-order valence-electron chi connectivity index (χ1n) is 4.54. The van der Waals surface area contributed by atoms with Gasteiger partial charge in [-0.15, -0.1) is 0 Å². The lowest BCUT2D eigenvalue weighted by molar-refractivity contribution is 1.14. The van der Waals surface area contributed by atoms with Crippen molar-refractivity contribution in [3.8, 4) is 0 Å². The largest absolute Gasteiger partial charge is 0.380 e. The van der Waals surface area contributed by atoms with E-state index in [1.54, 1.807) is 0 Å². The molecule has 0 saturated heterocycles. The SMILES string of the molecule is CCc1ccc(NC/C(Cl)=C/Cl)cc1. The fraction of sp³-hybridized carbons (Fsp3) is 0.273. The van der Waals surface area contributed by atoms with Crippen LogP contribution in [0, 0.1) is 0 Å². The third-order valence-corrected chi connectivity index (χ3v) is 2.56. The van der Waals surface area contributed by atoms with Crippen molar-refractivity contribution in [2.75, 3.05) is 11.9 Å². The average molecular weight is 230 g/mol. The summed E-state index contributed by atoms with van der Waals surface area (Å²) in [5.41, 5.74) is 3.75. The second kappa shape index (κ2) is 5.94. The molecule has 0 heterocycles. The van der Waals surface area contributed by atoms with Crippen LogP contribution in [0.5, 0.6) is 0 Å². The molecule has 0 spiro atoms. The zero-order chi connectivity index (χ0) is 10.4. The van der Waals surface area contributed by atoms with Gasteiger partial charge in [0.05, 0.1) is 6.54 Å². The van der Waals surface area contributed by atoms with Gasteiger partial charge in [0.15, 0.2) is 0 Å². The second-order valence-corrected chi connectivity index (χ2v) is 3.66. The average Bonchev–Trinajstić information content (AvgIpc) is 2.26. The minimum Gasteiger partial charge on any atom is -0.380 e. The summed E-state index contributed by atoms with van der Waals surface area (Å²) in [4.78, 5) is 0. The highest BCUT2D eigenvalue weighted by atomic mass is 35.5. The van der Waals surface area contributed by atoms with Crippen LogP contribution in [0.25, 0.3) is 0 Å². The van der Waals surface area contributed by atoms with Gasteiger partial charge in [-0.2, -0.15) is 0 Å². The van der Waals surface area contributed by atoms with Crippen molar-refractivity contribution in [2.24, 2.45) is 0 Å². The standard InChI is InChI=1S/C11H13Cl2N/c1-2-9-3-5-11(6-4-9)14-8-10(13)7-12/h3-7,14H,2,8H2,1H3/b10-7-. The van der Waals surface area contributed by atoms with Crippen LogP contribution >= 0.6 is 23.2 Å². The molecule has 1 rings (SSSR count). The highest BCUT2D eigenvalue weighted by Crippen LogP contribution is 2.11. The van der Waals surface area contributed by atoms with Crippen molar-refractivity contribution in [2.45, 2.75) is 13.3 Å². The molecule has 0 aliphatic heterocycles. The molecule has 0 radical (unpaired) electrons. The number of anilines is 1. The second-order valence-electron chi connectivity index (χ2n) is 2.96. The summed E-state index contributed by atoms with van der Waals surface area (Å²) in [5, 5.41) is 3.76. The Bertz CT molecular complexity index is 304. The lowest BCUT2D eigenvalue weighted by Gasteiger charge is -2.05. The predicted molar refractivity (Wildman–Crippen MR) is 64.1 cm³/mol. The molecule has 0 amide bonds. The van der Waals surface area contributed by atoms with Gasteiger partial charge in [-0.3, -0.25) is 0 Å². The summed E-state index contributed by atoms with van der Waals surface area (Å²) < 4.78 is 0. The zero-order valence-corrected chi connectivity index (χ0v) is 9.57. The summed E-state index contributed by atoms with van der Waals surface area (Å²) in [6.07, 6.45) is 1.06. The molecule has 1 aromatic carbocycles. The Morgan fingerprint density at radius 3 is 2.50 bits per heavy atom. The van der Waals surface area contributed by atoms with Crippen molar-refractivity contribution >= 4 is 28.9 Å². The maximum atomic E-state index is 5.74. The monoisotopic (exact) mass is 229 g/mol. The Morgan fingerprint density at radius 2 is 2.00 bits per heavy atom. The molecule has 3 heteroatoms. The number of nitrogens with one attached hydrogen (secondary N) is 1. The minimum atomic E-state index is 0.566. The van der Waals surface area contributed by atoms with E-state index in [0.29, 0.717) is 11.6 Å². The van der Waals surface area contributed by atoms with E-state index in [1.165, 1.54) is 11.1 Å². The quantitative estimate of drug-likeness (QED) is 0.824. The number of aryl methyl sites for hydroxylation is 1. The molecule has 0 aliphatic rings. The van der Waals surface area contributed by atoms with E-state index in [4.69, 9.17) is 23.2 Å². The van der Waals surface area contributed by atoms with Gasteiger partial charge in [0.1, 0.15) is 0 Å². The Labute approximate surface area is 94.7 Å². The Kier molecular flexibility index (Phi) is 4.85. The third-order valence-electron chi connectivity index (χ3n) is 1.94. The number of benzene rings is 1. The summed E-state index contributed by atoms with van der Waals surface area (Å²) in [7, 11) is 0. The van der Waals surface area contributed by atoms with Crippen LogP contribution in [0.3, 0.4) is 0 Å². The van der Waals surface area contributed by atoms with Crippen LogP contribution in [0.2, 0.25) is 0 Å². The van der Waals surface area contributed by atoms with Crippen LogP contribution in [0.1, 0.15) is 12.5 Å². The van der Waals surface area contributed by atoms with Crippen LogP contribution in [-0.2, 0) is 6.42 Å². The summed E-state index contributed by atoms with van der Waals surface area (Å²) >= 11 is 11.2. The van der Waals surface area contributed by atoms with Crippen molar-refractivity contribution in [3.63, 3.8) is 0 Å². The highest BCUT2D eigenvalue weighted by Gasteiger charge is 1.94. The van der Waals surface area contributed by atoms with Crippen molar-refractivity contribution in [3.05, 3.63) is 40.4 Å². The molecule has 0 aliphatic carbocycles. The predicted octanol–water partition coefficient (Wildman–Crippen LogP) is 3.98. The molecular formula is C11H13Cl2N. The van der Waals surface area contributed by atoms with E-state index < -0.39 is 0 Å². The van der Waals surface area contributed by atoms with Crippen molar-refractivity contribution < 1.29 is 0 Å². The van der Waals surface area contributed by atoms with Crippen LogP contribution in [-0.4, -0.2) is 6.54 Å². The zero-order valence-electron chi connectivity index (χ0n) is 8.06. The normalized spacial score (nSPS) is 11.5. The maximum absolute atomic E-state index is 5.74. The van der Waals surface area contributed by atoms with Crippen LogP contribution in [0.4, 0.5) is 5.69 Å². The number of rotatable bonds is 4. The van der Waals surface area contributed by atoms with Gasteiger partial charge < -0.3 is 5.32 Å². The lowest BCUT2D eigenvalue weighted by Crippen LogP contribution is -2.00. The first-order valence-corrected chi connectivity index (χ1v) is 5.35. The van der Waals surface area contributed by atoms with E-state index in [2.05, 4.69) is 24.4 Å². The Hall–Kier alpha value is -0.660. The first-order chi connectivity index (χ1) is 6.76. The maximum Gasteiger partial charge on any atom is 0.0516 e. The molecule has 0 bridgehead atoms. The van der Waals surface area contributed by atoms with E-state index in [1.807, 2.05) is 12.1 Å². The van der Waals surface area contributed by atoms with E-state index >= 15 is 0 Å². The molecule has 1 nitrogen and oxygen atoms in total. The number of hydrogen-bond acceptors (Lipinski definition) is 1. The topological polar surface area (TPSA) is 12.0 Å². The summed E-state index contributed by atoms with van der Waals surface area (Å²) in [6, 6.07) is 8.27. The number of halogens is 2. The Morgan fingerprint density at radius 1 is 1.36 bits per heavy atom. The van der Waals surface area contributed by atoms with Gasteiger partial charge in [-0.05, 0) is 24.1 Å². The van der Waals surface area contributed by atoms with Crippen LogP contribution in [0.15, 0.2) is 34.8 Å². The van der Waals surface area contributed by atoms with E-state index in [-0.39, 0.29) is 0 Å². The van der Waals surface area contributed by atoms with Gasteiger partial charge in [0, 0.05) is 16.3 Å². The smallest absolute Gasteiger partial charge is 0.0516 e. The summed E-state index contributed by atoms with van der Waals surface area (Å²) in [5.74, 6) is 0. The number of hydrogen-bond donors (Lipinski definition) is 1. The van der Waals surface area contributed by atoms with Crippen molar-refractivity contribution in [1.29, 1.82) is 0 Å². The minimum absolute atomic E-state index is 0.566. The lowest BCUT2D eigenvalue weighted by atomic mass is 10.1. The molecule has 1 N–H and O–H groups in total. The summed E-state index contributed by atoms with van der Waals surface area (Å²) in [6.45, 7) is 2.70. The molecule has 0 aromatic heterocycles. The van der Waals surface area contributed by atoms with Crippen molar-refractivity contribution in [1.82, 2.24) is 0 Å². The molecular weight excluding hydrogens is 217 g/mol. The first kappa shape index (κ1) is 11.4. The highest BCUT2D eigenvalue weighted by molar-refractivity contribution is 6.36. The molecule has 1 aromatic rings. The van der Waals surface area contributed by atoms with Gasteiger partial charge in [0.2, 0.25) is 0 Å². The van der Waals surface area contributed by atoms with E-state index in [0.717, 1.165) is 12.1 Å². The third kappa shape index (κ3) is 3.60.